The number of ether oxygens (including phenoxy) is 1. The summed E-state index contributed by atoms with van der Waals surface area (Å²) in [7, 11) is 0. The molecule has 3 rings (SSSR count). The van der Waals surface area contributed by atoms with Gasteiger partial charge in [-0.1, -0.05) is 17.4 Å². The number of nitrogens with zero attached hydrogens (tertiary/aromatic N) is 4. The molecule has 2 aromatic heterocycles. The normalized spacial score (nSPS) is 16.5. The van der Waals surface area contributed by atoms with Gasteiger partial charge in [0, 0.05) is 31.9 Å². The zero-order valence-electron chi connectivity index (χ0n) is 13.4. The van der Waals surface area contributed by atoms with Gasteiger partial charge in [0.15, 0.2) is 5.01 Å². The third-order valence-electron chi connectivity index (χ3n) is 3.54. The maximum atomic E-state index is 12.1. The van der Waals surface area contributed by atoms with Gasteiger partial charge in [0.2, 0.25) is 5.13 Å². The summed E-state index contributed by atoms with van der Waals surface area (Å²) in [5.41, 5.74) is 0.740. The van der Waals surface area contributed by atoms with E-state index in [1.165, 1.54) is 11.3 Å². The molecule has 2 aromatic rings. The fourth-order valence-corrected chi connectivity index (χ4v) is 3.16. The highest BCUT2D eigenvalue weighted by molar-refractivity contribution is 7.18. The minimum Gasteiger partial charge on any atom is -0.379 e. The van der Waals surface area contributed by atoms with Crippen LogP contribution in [0.3, 0.4) is 0 Å². The first-order valence-corrected chi connectivity index (χ1v) is 8.65. The molecule has 0 radical (unpaired) electrons. The Bertz CT molecular complexity index is 659. The van der Waals surface area contributed by atoms with E-state index in [1.807, 2.05) is 25.1 Å². The van der Waals surface area contributed by atoms with E-state index in [4.69, 9.17) is 4.74 Å². The van der Waals surface area contributed by atoms with Gasteiger partial charge >= 0.3 is 6.03 Å². The minimum absolute atomic E-state index is 0.0336. The molecule has 0 unspecified atom stereocenters. The molecule has 0 spiro atoms. The number of urea groups is 1. The molecule has 8 nitrogen and oxygen atoms in total. The highest BCUT2D eigenvalue weighted by Crippen LogP contribution is 2.24. The SMILES string of the molecule is C[C@@H](CN1CCOCC1)NC(=O)Nc1nnc(-c2ccccn2)s1. The van der Waals surface area contributed by atoms with Crippen molar-refractivity contribution >= 4 is 22.5 Å². The van der Waals surface area contributed by atoms with Crippen molar-refractivity contribution in [3.8, 4) is 10.7 Å². The zero-order valence-corrected chi connectivity index (χ0v) is 14.3. The Balaban J connectivity index is 1.49. The molecule has 3 heterocycles. The van der Waals surface area contributed by atoms with E-state index in [0.29, 0.717) is 10.1 Å². The number of hydrogen-bond donors (Lipinski definition) is 2. The molecule has 2 amide bonds. The van der Waals surface area contributed by atoms with Crippen LogP contribution in [0.2, 0.25) is 0 Å². The molecule has 128 valence electrons. The van der Waals surface area contributed by atoms with E-state index in [2.05, 4.69) is 30.7 Å². The van der Waals surface area contributed by atoms with Crippen LogP contribution in [-0.4, -0.2) is 65.0 Å². The molecule has 0 aromatic carbocycles. The van der Waals surface area contributed by atoms with Gasteiger partial charge in [0.1, 0.15) is 5.69 Å². The van der Waals surface area contributed by atoms with Crippen molar-refractivity contribution in [2.75, 3.05) is 38.2 Å². The van der Waals surface area contributed by atoms with Crippen LogP contribution in [0.15, 0.2) is 24.4 Å². The Morgan fingerprint density at radius 1 is 1.38 bits per heavy atom. The average molecular weight is 348 g/mol. The van der Waals surface area contributed by atoms with Gasteiger partial charge in [0.05, 0.1) is 13.2 Å². The highest BCUT2D eigenvalue weighted by Gasteiger charge is 2.16. The van der Waals surface area contributed by atoms with Crippen LogP contribution in [-0.2, 0) is 4.74 Å². The molecule has 1 aliphatic heterocycles. The fourth-order valence-electron chi connectivity index (χ4n) is 2.44. The molecule has 0 bridgehead atoms. The van der Waals surface area contributed by atoms with Crippen molar-refractivity contribution in [1.29, 1.82) is 0 Å². The molecular weight excluding hydrogens is 328 g/mol. The second-order valence-corrected chi connectivity index (χ2v) is 6.52. The van der Waals surface area contributed by atoms with Gasteiger partial charge in [-0.05, 0) is 19.1 Å². The van der Waals surface area contributed by atoms with Crippen molar-refractivity contribution in [1.82, 2.24) is 25.4 Å². The Morgan fingerprint density at radius 3 is 2.96 bits per heavy atom. The molecule has 1 atom stereocenters. The molecule has 2 N–H and O–H groups in total. The number of hydrogen-bond acceptors (Lipinski definition) is 7. The van der Waals surface area contributed by atoms with E-state index in [1.54, 1.807) is 6.20 Å². The number of carbonyl (C=O) groups is 1. The number of pyridine rings is 1. The topological polar surface area (TPSA) is 92.3 Å². The van der Waals surface area contributed by atoms with Crippen molar-refractivity contribution in [3.63, 3.8) is 0 Å². The van der Waals surface area contributed by atoms with Gasteiger partial charge < -0.3 is 10.1 Å². The van der Waals surface area contributed by atoms with Crippen LogP contribution in [0.25, 0.3) is 10.7 Å². The molecule has 0 aliphatic carbocycles. The van der Waals surface area contributed by atoms with Crippen molar-refractivity contribution in [2.45, 2.75) is 13.0 Å². The number of morpholine rings is 1. The predicted octanol–water partition coefficient (Wildman–Crippen LogP) is 1.44. The van der Waals surface area contributed by atoms with E-state index >= 15 is 0 Å². The first-order chi connectivity index (χ1) is 11.7. The zero-order chi connectivity index (χ0) is 16.8. The third-order valence-corrected chi connectivity index (χ3v) is 4.40. The number of rotatable bonds is 5. The first kappa shape index (κ1) is 16.7. The number of anilines is 1. The average Bonchev–Trinajstić information content (AvgIpc) is 3.04. The molecule has 0 saturated carbocycles. The van der Waals surface area contributed by atoms with Crippen LogP contribution < -0.4 is 10.6 Å². The lowest BCUT2D eigenvalue weighted by Gasteiger charge is -2.29. The molecule has 24 heavy (non-hydrogen) atoms. The van der Waals surface area contributed by atoms with E-state index in [9.17, 15) is 4.79 Å². The molecule has 1 aliphatic rings. The molecule has 1 fully saturated rings. The van der Waals surface area contributed by atoms with Crippen LogP contribution in [0.1, 0.15) is 6.92 Å². The summed E-state index contributed by atoms with van der Waals surface area (Å²) >= 11 is 1.29. The van der Waals surface area contributed by atoms with Crippen molar-refractivity contribution in [3.05, 3.63) is 24.4 Å². The Kier molecular flexibility index (Phi) is 5.68. The molecule has 1 saturated heterocycles. The fraction of sp³-hybridized carbons (Fsp3) is 0.467. The van der Waals surface area contributed by atoms with E-state index in [-0.39, 0.29) is 12.1 Å². The summed E-state index contributed by atoms with van der Waals surface area (Å²) in [6.07, 6.45) is 1.70. The van der Waals surface area contributed by atoms with Gasteiger partial charge in [-0.2, -0.15) is 0 Å². The number of amides is 2. The summed E-state index contributed by atoms with van der Waals surface area (Å²) < 4.78 is 5.32. The maximum absolute atomic E-state index is 12.1. The van der Waals surface area contributed by atoms with Crippen LogP contribution >= 0.6 is 11.3 Å². The Hall–Kier alpha value is -2.10. The van der Waals surface area contributed by atoms with Crippen LogP contribution in [0, 0.1) is 0 Å². The highest BCUT2D eigenvalue weighted by atomic mass is 32.1. The van der Waals surface area contributed by atoms with Crippen LogP contribution in [0.4, 0.5) is 9.93 Å². The molecular formula is C15H20N6O2S. The molecule has 9 heteroatoms. The first-order valence-electron chi connectivity index (χ1n) is 7.83. The standard InChI is InChI=1S/C15H20N6O2S/c1-11(10-21-6-8-23-9-7-21)17-14(22)18-15-20-19-13(24-15)12-4-2-3-5-16-12/h2-5,11H,6-10H2,1H3,(H2,17,18,20,22)/t11-/m0/s1. The third kappa shape index (κ3) is 4.70. The number of carbonyl (C=O) groups excluding carboxylic acids is 1. The van der Waals surface area contributed by atoms with E-state index in [0.717, 1.165) is 38.5 Å². The second-order valence-electron chi connectivity index (χ2n) is 5.54. The van der Waals surface area contributed by atoms with Gasteiger partial charge in [-0.15, -0.1) is 10.2 Å². The smallest absolute Gasteiger partial charge is 0.321 e. The lowest BCUT2D eigenvalue weighted by Crippen LogP contribution is -2.47. The van der Waals surface area contributed by atoms with Gasteiger partial charge in [-0.25, -0.2) is 4.79 Å². The number of aromatic nitrogens is 3. The number of nitrogens with one attached hydrogen (secondary N) is 2. The van der Waals surface area contributed by atoms with Gasteiger partial charge in [0.25, 0.3) is 0 Å². The summed E-state index contributed by atoms with van der Waals surface area (Å²) in [5, 5.41) is 14.8. The van der Waals surface area contributed by atoms with E-state index < -0.39 is 0 Å². The Morgan fingerprint density at radius 2 is 2.21 bits per heavy atom. The Labute approximate surface area is 144 Å². The van der Waals surface area contributed by atoms with Crippen molar-refractivity contribution in [2.24, 2.45) is 0 Å². The minimum atomic E-state index is -0.278. The quantitative estimate of drug-likeness (QED) is 0.849. The monoisotopic (exact) mass is 348 g/mol. The summed E-state index contributed by atoms with van der Waals surface area (Å²) in [4.78, 5) is 18.6. The lowest BCUT2D eigenvalue weighted by molar-refractivity contribution is 0.0350. The maximum Gasteiger partial charge on any atom is 0.321 e. The van der Waals surface area contributed by atoms with Crippen LogP contribution in [0.5, 0.6) is 0 Å². The lowest BCUT2D eigenvalue weighted by atomic mass is 10.3. The van der Waals surface area contributed by atoms with Gasteiger partial charge in [-0.3, -0.25) is 15.2 Å². The summed E-state index contributed by atoms with van der Waals surface area (Å²) in [5.74, 6) is 0. The summed E-state index contributed by atoms with van der Waals surface area (Å²) in [6, 6.07) is 5.34. The van der Waals surface area contributed by atoms with Crippen molar-refractivity contribution < 1.29 is 9.53 Å². The second kappa shape index (κ2) is 8.13. The summed E-state index contributed by atoms with van der Waals surface area (Å²) in [6.45, 7) is 6.08. The largest absolute Gasteiger partial charge is 0.379 e. The predicted molar refractivity (Wildman–Crippen MR) is 92.0 cm³/mol.